The standard InChI is InChI=1S/C22H30N2O3/c1-15-3-5-16(6-4-15)18-13-19-7-8-20(14-18)24(19)22(26)23-11-9-17(10-12-23)21(25)27-2/h3-6,17-20H,7-14H2,1-2H3/t18?,19-,20+. The van der Waals surface area contributed by atoms with Gasteiger partial charge in [0, 0.05) is 25.2 Å². The van der Waals surface area contributed by atoms with Crippen LogP contribution in [0.1, 0.15) is 55.6 Å². The van der Waals surface area contributed by atoms with Crippen molar-refractivity contribution in [2.45, 2.75) is 63.5 Å². The molecule has 0 aliphatic carbocycles. The summed E-state index contributed by atoms with van der Waals surface area (Å²) in [4.78, 5) is 29.0. The number of piperidine rings is 2. The number of hydrogen-bond donors (Lipinski definition) is 0. The predicted molar refractivity (Wildman–Crippen MR) is 104 cm³/mol. The molecule has 3 aliphatic heterocycles. The molecule has 2 bridgehead atoms. The fraction of sp³-hybridized carbons (Fsp3) is 0.636. The lowest BCUT2D eigenvalue weighted by Crippen LogP contribution is -2.53. The number of esters is 1. The molecule has 27 heavy (non-hydrogen) atoms. The van der Waals surface area contributed by atoms with Crippen LogP contribution >= 0.6 is 0 Å². The first-order valence-electron chi connectivity index (χ1n) is 10.3. The van der Waals surface area contributed by atoms with Crippen molar-refractivity contribution in [3.63, 3.8) is 0 Å². The highest BCUT2D eigenvalue weighted by Crippen LogP contribution is 2.43. The summed E-state index contributed by atoms with van der Waals surface area (Å²) >= 11 is 0. The number of rotatable bonds is 2. The zero-order valence-corrected chi connectivity index (χ0v) is 16.4. The number of benzene rings is 1. The highest BCUT2D eigenvalue weighted by Gasteiger charge is 2.45. The Morgan fingerprint density at radius 2 is 1.56 bits per heavy atom. The average Bonchev–Trinajstić information content (AvgIpc) is 2.96. The molecule has 0 saturated carbocycles. The van der Waals surface area contributed by atoms with Gasteiger partial charge in [0.2, 0.25) is 0 Å². The third-order valence-electron chi connectivity index (χ3n) is 6.80. The molecule has 0 spiro atoms. The number of fused-ring (bicyclic) bond motifs is 2. The Hall–Kier alpha value is -2.04. The lowest BCUT2D eigenvalue weighted by Gasteiger charge is -2.43. The molecule has 1 unspecified atom stereocenters. The first-order valence-corrected chi connectivity index (χ1v) is 10.3. The van der Waals surface area contributed by atoms with Crippen LogP contribution in [0.5, 0.6) is 0 Å². The maximum Gasteiger partial charge on any atom is 0.320 e. The molecule has 3 saturated heterocycles. The van der Waals surface area contributed by atoms with E-state index in [9.17, 15) is 9.59 Å². The summed E-state index contributed by atoms with van der Waals surface area (Å²) < 4.78 is 4.85. The van der Waals surface area contributed by atoms with Gasteiger partial charge in [-0.3, -0.25) is 4.79 Å². The third kappa shape index (κ3) is 3.56. The molecule has 3 atom stereocenters. The average molecular weight is 370 g/mol. The molecule has 2 amide bonds. The number of methoxy groups -OCH3 is 1. The molecular formula is C22H30N2O3. The van der Waals surface area contributed by atoms with Crippen LogP contribution in [-0.4, -0.2) is 54.1 Å². The van der Waals surface area contributed by atoms with Gasteiger partial charge in [0.25, 0.3) is 0 Å². The number of carbonyl (C=O) groups excluding carboxylic acids is 2. The number of amides is 2. The van der Waals surface area contributed by atoms with Crippen molar-refractivity contribution in [2.24, 2.45) is 5.92 Å². The van der Waals surface area contributed by atoms with E-state index >= 15 is 0 Å². The van der Waals surface area contributed by atoms with Gasteiger partial charge in [0.15, 0.2) is 0 Å². The number of aryl methyl sites for hydroxylation is 1. The number of ether oxygens (including phenoxy) is 1. The zero-order chi connectivity index (χ0) is 19.0. The van der Waals surface area contributed by atoms with Gasteiger partial charge in [0.1, 0.15) is 0 Å². The van der Waals surface area contributed by atoms with Gasteiger partial charge in [-0.05, 0) is 56.9 Å². The van der Waals surface area contributed by atoms with Gasteiger partial charge < -0.3 is 14.5 Å². The Morgan fingerprint density at radius 1 is 0.963 bits per heavy atom. The Kier molecular flexibility index (Phi) is 5.11. The highest BCUT2D eigenvalue weighted by atomic mass is 16.5. The molecule has 1 aromatic carbocycles. The molecule has 5 heteroatoms. The molecule has 0 N–H and O–H groups in total. The monoisotopic (exact) mass is 370 g/mol. The van der Waals surface area contributed by atoms with E-state index < -0.39 is 0 Å². The Bertz CT molecular complexity index is 680. The van der Waals surface area contributed by atoms with E-state index in [1.807, 2.05) is 4.90 Å². The van der Waals surface area contributed by atoms with Crippen LogP contribution in [0.3, 0.4) is 0 Å². The molecule has 3 fully saturated rings. The van der Waals surface area contributed by atoms with Crippen LogP contribution in [0.15, 0.2) is 24.3 Å². The van der Waals surface area contributed by atoms with Crippen LogP contribution in [0.2, 0.25) is 0 Å². The predicted octanol–water partition coefficient (Wildman–Crippen LogP) is 3.71. The minimum absolute atomic E-state index is 0.0527. The number of nitrogens with zero attached hydrogens (tertiary/aromatic N) is 2. The molecule has 5 nitrogen and oxygen atoms in total. The number of carbonyl (C=O) groups is 2. The normalized spacial score (nSPS) is 28.3. The summed E-state index contributed by atoms with van der Waals surface area (Å²) in [6.45, 7) is 3.45. The van der Waals surface area contributed by atoms with Gasteiger partial charge >= 0.3 is 12.0 Å². The lowest BCUT2D eigenvalue weighted by atomic mass is 9.85. The number of hydrogen-bond acceptors (Lipinski definition) is 3. The number of urea groups is 1. The molecule has 3 heterocycles. The van der Waals surface area contributed by atoms with Crippen LogP contribution in [0, 0.1) is 12.8 Å². The van der Waals surface area contributed by atoms with Crippen molar-refractivity contribution < 1.29 is 14.3 Å². The van der Waals surface area contributed by atoms with E-state index in [4.69, 9.17) is 4.74 Å². The summed E-state index contributed by atoms with van der Waals surface area (Å²) in [7, 11) is 1.44. The molecule has 3 aliphatic rings. The Labute approximate surface area is 161 Å². The largest absolute Gasteiger partial charge is 0.469 e. The summed E-state index contributed by atoms with van der Waals surface area (Å²) in [5.74, 6) is 0.376. The SMILES string of the molecule is COC(=O)C1CCN(C(=O)N2[C@@H]3CC[C@H]2CC(c2ccc(C)cc2)C3)CC1. The minimum Gasteiger partial charge on any atom is -0.469 e. The molecule has 146 valence electrons. The molecule has 0 radical (unpaired) electrons. The quantitative estimate of drug-likeness (QED) is 0.746. The summed E-state index contributed by atoms with van der Waals surface area (Å²) in [5, 5.41) is 0. The fourth-order valence-corrected chi connectivity index (χ4v) is 5.24. The van der Waals surface area contributed by atoms with Gasteiger partial charge in [-0.1, -0.05) is 29.8 Å². The van der Waals surface area contributed by atoms with Crippen LogP contribution in [0.4, 0.5) is 4.79 Å². The van der Waals surface area contributed by atoms with E-state index in [-0.39, 0.29) is 17.9 Å². The highest BCUT2D eigenvalue weighted by molar-refractivity contribution is 5.77. The fourth-order valence-electron chi connectivity index (χ4n) is 5.24. The van der Waals surface area contributed by atoms with Crippen LogP contribution in [-0.2, 0) is 9.53 Å². The second kappa shape index (κ2) is 7.53. The van der Waals surface area contributed by atoms with Crippen LogP contribution < -0.4 is 0 Å². The minimum atomic E-state index is -0.138. The zero-order valence-electron chi connectivity index (χ0n) is 16.4. The van der Waals surface area contributed by atoms with E-state index in [1.54, 1.807) is 0 Å². The van der Waals surface area contributed by atoms with Crippen molar-refractivity contribution in [3.8, 4) is 0 Å². The van der Waals surface area contributed by atoms with Gasteiger partial charge in [0.05, 0.1) is 13.0 Å². The molecule has 4 rings (SSSR count). The maximum absolute atomic E-state index is 13.2. The topological polar surface area (TPSA) is 49.9 Å². The first kappa shape index (κ1) is 18.3. The second-order valence-corrected chi connectivity index (χ2v) is 8.44. The Morgan fingerprint density at radius 3 is 2.11 bits per heavy atom. The first-order chi connectivity index (χ1) is 13.1. The van der Waals surface area contributed by atoms with Gasteiger partial charge in [-0.15, -0.1) is 0 Å². The smallest absolute Gasteiger partial charge is 0.320 e. The molecule has 0 aromatic heterocycles. The van der Waals surface area contributed by atoms with E-state index in [0.717, 1.165) is 25.7 Å². The van der Waals surface area contributed by atoms with Crippen molar-refractivity contribution >= 4 is 12.0 Å². The van der Waals surface area contributed by atoms with Crippen molar-refractivity contribution in [2.75, 3.05) is 20.2 Å². The van der Waals surface area contributed by atoms with Gasteiger partial charge in [-0.25, -0.2) is 4.79 Å². The van der Waals surface area contributed by atoms with Crippen LogP contribution in [0.25, 0.3) is 0 Å². The Balaban J connectivity index is 1.39. The summed E-state index contributed by atoms with van der Waals surface area (Å²) in [6.07, 6.45) is 5.82. The van der Waals surface area contributed by atoms with E-state index in [2.05, 4.69) is 36.1 Å². The van der Waals surface area contributed by atoms with Crippen molar-refractivity contribution in [1.82, 2.24) is 9.80 Å². The van der Waals surface area contributed by atoms with Gasteiger partial charge in [-0.2, -0.15) is 0 Å². The van der Waals surface area contributed by atoms with E-state index in [0.29, 0.717) is 43.9 Å². The van der Waals surface area contributed by atoms with E-state index in [1.165, 1.54) is 18.2 Å². The molecule has 1 aromatic rings. The van der Waals surface area contributed by atoms with Crippen molar-refractivity contribution in [3.05, 3.63) is 35.4 Å². The summed E-state index contributed by atoms with van der Waals surface area (Å²) in [6, 6.07) is 9.82. The summed E-state index contributed by atoms with van der Waals surface area (Å²) in [5.41, 5.74) is 2.72. The lowest BCUT2D eigenvalue weighted by molar-refractivity contribution is -0.146. The van der Waals surface area contributed by atoms with Crippen molar-refractivity contribution in [1.29, 1.82) is 0 Å². The molecular weight excluding hydrogens is 340 g/mol. The maximum atomic E-state index is 13.2. The second-order valence-electron chi connectivity index (χ2n) is 8.44. The third-order valence-corrected chi connectivity index (χ3v) is 6.80. The number of likely N-dealkylation sites (tertiary alicyclic amines) is 1.